The van der Waals surface area contributed by atoms with Crippen molar-refractivity contribution in [1.82, 2.24) is 0 Å². The number of ether oxygens (including phenoxy) is 1. The van der Waals surface area contributed by atoms with E-state index in [0.29, 0.717) is 16.3 Å². The van der Waals surface area contributed by atoms with Crippen molar-refractivity contribution >= 4 is 17.4 Å². The van der Waals surface area contributed by atoms with Crippen molar-refractivity contribution in [3.05, 3.63) is 58.6 Å². The monoisotopic (exact) mass is 260 g/mol. The minimum Gasteiger partial charge on any atom is -0.456 e. The first kappa shape index (κ1) is 12.7. The molecular weight excluding hydrogens is 248 g/mol. The summed E-state index contributed by atoms with van der Waals surface area (Å²) in [6, 6.07) is 12.7. The van der Waals surface area contributed by atoms with Crippen LogP contribution in [0.2, 0.25) is 5.02 Å². The number of hydrogen-bond donors (Lipinski definition) is 0. The van der Waals surface area contributed by atoms with Crippen LogP contribution in [0.15, 0.2) is 42.5 Å². The zero-order valence-corrected chi connectivity index (χ0v) is 11.0. The summed E-state index contributed by atoms with van der Waals surface area (Å²) in [4.78, 5) is 11.2. The zero-order chi connectivity index (χ0) is 13.1. The van der Waals surface area contributed by atoms with Crippen molar-refractivity contribution in [3.63, 3.8) is 0 Å². The lowest BCUT2D eigenvalue weighted by atomic mass is 10.1. The van der Waals surface area contributed by atoms with Crippen LogP contribution in [-0.4, -0.2) is 5.78 Å². The average molecular weight is 261 g/mol. The number of carbonyl (C=O) groups is 1. The van der Waals surface area contributed by atoms with E-state index in [0.717, 1.165) is 11.3 Å². The van der Waals surface area contributed by atoms with E-state index >= 15 is 0 Å². The van der Waals surface area contributed by atoms with Crippen molar-refractivity contribution in [2.45, 2.75) is 13.8 Å². The second-order valence-corrected chi connectivity index (χ2v) is 4.53. The third-order valence-corrected chi connectivity index (χ3v) is 2.85. The Hall–Kier alpha value is -1.80. The SMILES string of the molecule is CC(=O)c1ccc(Oc2cccc(C)c2)c(Cl)c1. The quantitative estimate of drug-likeness (QED) is 0.752. The maximum atomic E-state index is 11.2. The summed E-state index contributed by atoms with van der Waals surface area (Å²) in [5.74, 6) is 1.26. The number of benzene rings is 2. The number of ketones is 1. The topological polar surface area (TPSA) is 26.3 Å². The normalized spacial score (nSPS) is 10.2. The van der Waals surface area contributed by atoms with Crippen molar-refractivity contribution in [3.8, 4) is 11.5 Å². The number of hydrogen-bond acceptors (Lipinski definition) is 2. The smallest absolute Gasteiger partial charge is 0.159 e. The molecule has 0 aromatic heterocycles. The highest BCUT2D eigenvalue weighted by Gasteiger charge is 2.07. The Balaban J connectivity index is 2.27. The van der Waals surface area contributed by atoms with Crippen LogP contribution in [0, 0.1) is 6.92 Å². The molecular formula is C15H13ClO2. The van der Waals surface area contributed by atoms with Gasteiger partial charge < -0.3 is 4.74 Å². The molecule has 0 aliphatic carbocycles. The fourth-order valence-electron chi connectivity index (χ4n) is 1.61. The second-order valence-electron chi connectivity index (χ2n) is 4.12. The summed E-state index contributed by atoms with van der Waals surface area (Å²) in [6.45, 7) is 3.50. The first-order chi connectivity index (χ1) is 8.56. The molecule has 92 valence electrons. The highest BCUT2D eigenvalue weighted by atomic mass is 35.5. The van der Waals surface area contributed by atoms with E-state index in [9.17, 15) is 4.79 Å². The van der Waals surface area contributed by atoms with Gasteiger partial charge in [0.15, 0.2) is 5.78 Å². The van der Waals surface area contributed by atoms with Gasteiger partial charge in [0, 0.05) is 5.56 Å². The fourth-order valence-corrected chi connectivity index (χ4v) is 1.83. The molecule has 3 heteroatoms. The Labute approximate surface area is 111 Å². The minimum absolute atomic E-state index is 0.0148. The third-order valence-electron chi connectivity index (χ3n) is 2.56. The van der Waals surface area contributed by atoms with E-state index in [1.165, 1.54) is 6.92 Å². The van der Waals surface area contributed by atoms with Crippen molar-refractivity contribution < 1.29 is 9.53 Å². The fraction of sp³-hybridized carbons (Fsp3) is 0.133. The molecule has 0 bridgehead atoms. The number of halogens is 1. The van der Waals surface area contributed by atoms with Crippen LogP contribution in [0.25, 0.3) is 0 Å². The van der Waals surface area contributed by atoms with E-state index in [4.69, 9.17) is 16.3 Å². The van der Waals surface area contributed by atoms with Crippen LogP contribution in [0.1, 0.15) is 22.8 Å². The highest BCUT2D eigenvalue weighted by Crippen LogP contribution is 2.30. The van der Waals surface area contributed by atoms with Gasteiger partial charge in [-0.2, -0.15) is 0 Å². The third kappa shape index (κ3) is 2.90. The molecule has 0 saturated carbocycles. The van der Waals surface area contributed by atoms with E-state index in [2.05, 4.69) is 0 Å². The molecule has 0 radical (unpaired) electrons. The molecule has 0 atom stereocenters. The van der Waals surface area contributed by atoms with E-state index in [-0.39, 0.29) is 5.78 Å². The van der Waals surface area contributed by atoms with E-state index in [1.807, 2.05) is 31.2 Å². The number of Topliss-reactive ketones (excluding diaryl/α,β-unsaturated/α-hetero) is 1. The molecule has 0 aliphatic rings. The first-order valence-corrected chi connectivity index (χ1v) is 5.99. The molecule has 0 spiro atoms. The minimum atomic E-state index is -0.0148. The molecule has 0 N–H and O–H groups in total. The summed E-state index contributed by atoms with van der Waals surface area (Å²) >= 11 is 6.09. The van der Waals surface area contributed by atoms with Crippen LogP contribution >= 0.6 is 11.6 Å². The Kier molecular flexibility index (Phi) is 3.68. The maximum Gasteiger partial charge on any atom is 0.159 e. The molecule has 2 aromatic rings. The summed E-state index contributed by atoms with van der Waals surface area (Å²) in [5.41, 5.74) is 1.69. The molecule has 0 amide bonds. The number of carbonyl (C=O) groups excluding carboxylic acids is 1. The predicted molar refractivity (Wildman–Crippen MR) is 72.7 cm³/mol. The summed E-state index contributed by atoms with van der Waals surface area (Å²) in [6.07, 6.45) is 0. The van der Waals surface area contributed by atoms with Gasteiger partial charge in [0.25, 0.3) is 0 Å². The standard InChI is InChI=1S/C15H13ClO2/c1-10-4-3-5-13(8-10)18-15-7-6-12(11(2)17)9-14(15)16/h3-9H,1-2H3. The van der Waals surface area contributed by atoms with Gasteiger partial charge in [-0.15, -0.1) is 0 Å². The Bertz CT molecular complexity index is 591. The average Bonchev–Trinajstić information content (AvgIpc) is 2.31. The zero-order valence-electron chi connectivity index (χ0n) is 10.2. The molecule has 2 rings (SSSR count). The van der Waals surface area contributed by atoms with Gasteiger partial charge in [-0.05, 0) is 49.7 Å². The Morgan fingerprint density at radius 1 is 1.17 bits per heavy atom. The highest BCUT2D eigenvalue weighted by molar-refractivity contribution is 6.32. The first-order valence-electron chi connectivity index (χ1n) is 5.61. The van der Waals surface area contributed by atoms with E-state index in [1.54, 1.807) is 18.2 Å². The lowest BCUT2D eigenvalue weighted by Gasteiger charge is -2.08. The van der Waals surface area contributed by atoms with Gasteiger partial charge in [0.2, 0.25) is 0 Å². The van der Waals surface area contributed by atoms with Gasteiger partial charge in [-0.25, -0.2) is 0 Å². The summed E-state index contributed by atoms with van der Waals surface area (Å²) < 4.78 is 5.68. The van der Waals surface area contributed by atoms with Crippen molar-refractivity contribution in [2.24, 2.45) is 0 Å². The van der Waals surface area contributed by atoms with Crippen LogP contribution in [-0.2, 0) is 0 Å². The summed E-state index contributed by atoms with van der Waals surface area (Å²) in [5, 5.41) is 0.434. The Morgan fingerprint density at radius 2 is 1.94 bits per heavy atom. The van der Waals surface area contributed by atoms with Crippen molar-refractivity contribution in [1.29, 1.82) is 0 Å². The lowest BCUT2D eigenvalue weighted by Crippen LogP contribution is -1.93. The van der Waals surface area contributed by atoms with E-state index < -0.39 is 0 Å². The lowest BCUT2D eigenvalue weighted by molar-refractivity contribution is 0.101. The van der Waals surface area contributed by atoms with Crippen LogP contribution in [0.3, 0.4) is 0 Å². The molecule has 0 saturated heterocycles. The molecule has 0 aliphatic heterocycles. The van der Waals surface area contributed by atoms with Crippen molar-refractivity contribution in [2.75, 3.05) is 0 Å². The number of aryl methyl sites for hydroxylation is 1. The van der Waals surface area contributed by atoms with Crippen LogP contribution in [0.5, 0.6) is 11.5 Å². The van der Waals surface area contributed by atoms with Gasteiger partial charge in [0.05, 0.1) is 5.02 Å². The molecule has 18 heavy (non-hydrogen) atoms. The van der Waals surface area contributed by atoms with Gasteiger partial charge >= 0.3 is 0 Å². The molecule has 0 heterocycles. The summed E-state index contributed by atoms with van der Waals surface area (Å²) in [7, 11) is 0. The molecule has 2 nitrogen and oxygen atoms in total. The Morgan fingerprint density at radius 3 is 2.56 bits per heavy atom. The molecule has 0 fully saturated rings. The molecule has 2 aromatic carbocycles. The maximum absolute atomic E-state index is 11.2. The van der Waals surface area contributed by atoms with Gasteiger partial charge in [0.1, 0.15) is 11.5 Å². The second kappa shape index (κ2) is 5.23. The van der Waals surface area contributed by atoms with Gasteiger partial charge in [-0.3, -0.25) is 4.79 Å². The predicted octanol–water partition coefficient (Wildman–Crippen LogP) is 4.64. The van der Waals surface area contributed by atoms with Crippen LogP contribution in [0.4, 0.5) is 0 Å². The van der Waals surface area contributed by atoms with Gasteiger partial charge in [-0.1, -0.05) is 23.7 Å². The largest absolute Gasteiger partial charge is 0.456 e. The van der Waals surface area contributed by atoms with Crippen LogP contribution < -0.4 is 4.74 Å². The number of rotatable bonds is 3. The molecule has 0 unspecified atom stereocenters.